The second kappa shape index (κ2) is 15.2. The highest BCUT2D eigenvalue weighted by atomic mass is 35.5. The van der Waals surface area contributed by atoms with Crippen LogP contribution in [0.15, 0.2) is 71.7 Å². The van der Waals surface area contributed by atoms with Crippen molar-refractivity contribution in [2.24, 2.45) is 4.99 Å². The number of hydrogen-bond acceptors (Lipinski definition) is 8. The summed E-state index contributed by atoms with van der Waals surface area (Å²) in [5.41, 5.74) is 6.25. The van der Waals surface area contributed by atoms with E-state index in [0.717, 1.165) is 65.3 Å². The predicted octanol–water partition coefficient (Wildman–Crippen LogP) is 7.71. The molecule has 1 atom stereocenters. The van der Waals surface area contributed by atoms with Crippen LogP contribution in [0, 0.1) is 20.8 Å². The third kappa shape index (κ3) is 7.42. The van der Waals surface area contributed by atoms with Gasteiger partial charge in [0.25, 0.3) is 5.91 Å². The van der Waals surface area contributed by atoms with Crippen molar-refractivity contribution >= 4 is 46.4 Å². The Hall–Kier alpha value is -5.13. The van der Waals surface area contributed by atoms with E-state index in [0.29, 0.717) is 40.0 Å². The number of fused-ring (bicyclic) bond motifs is 4. The summed E-state index contributed by atoms with van der Waals surface area (Å²) in [6, 6.07) is 20.4. The predicted molar refractivity (Wildman–Crippen MR) is 202 cm³/mol. The molecule has 5 aromatic rings. The van der Waals surface area contributed by atoms with Crippen LogP contribution in [0.1, 0.15) is 92.8 Å². The van der Waals surface area contributed by atoms with E-state index in [1.54, 1.807) is 29.5 Å². The van der Waals surface area contributed by atoms with Crippen LogP contribution in [0.2, 0.25) is 5.02 Å². The number of thiophene rings is 1. The van der Waals surface area contributed by atoms with Gasteiger partial charge in [-0.2, -0.15) is 0 Å². The molecule has 0 radical (unpaired) electrons. The number of nitrogens with zero attached hydrogens (tertiary/aromatic N) is 4. The molecule has 0 saturated carbocycles. The molecule has 0 saturated heterocycles. The number of ether oxygens (including phenoxy) is 1. The summed E-state index contributed by atoms with van der Waals surface area (Å²) in [5, 5.41) is 16.0. The van der Waals surface area contributed by atoms with E-state index >= 15 is 0 Å². The molecule has 2 aliphatic heterocycles. The number of aromatic nitrogens is 3. The van der Waals surface area contributed by atoms with Gasteiger partial charge in [0.05, 0.1) is 24.1 Å². The van der Waals surface area contributed by atoms with Crippen molar-refractivity contribution in [1.82, 2.24) is 25.4 Å². The molecule has 4 heterocycles. The first-order valence-electron chi connectivity index (χ1n) is 17.5. The Labute approximate surface area is 311 Å². The first kappa shape index (κ1) is 35.3. The Kier molecular flexibility index (Phi) is 10.3. The highest BCUT2D eigenvalue weighted by molar-refractivity contribution is 7.15. The van der Waals surface area contributed by atoms with Gasteiger partial charge in [-0.3, -0.25) is 29.3 Å². The number of halogens is 1. The van der Waals surface area contributed by atoms with Crippen LogP contribution < -0.4 is 15.4 Å². The number of rotatable bonds is 12. The molecule has 0 fully saturated rings. The molecular formula is C40H39ClN6O4S. The number of nitrogens with one attached hydrogen (secondary N) is 2. The average molecular weight is 735 g/mol. The molecule has 0 spiro atoms. The normalized spacial score (nSPS) is 14.8. The topological polar surface area (TPSA) is 128 Å². The molecule has 2 aromatic heterocycles. The molecule has 3 amide bonds. The first-order valence-corrected chi connectivity index (χ1v) is 18.7. The molecular weight excluding hydrogens is 696 g/mol. The van der Waals surface area contributed by atoms with Gasteiger partial charge in [-0.25, -0.2) is 0 Å². The molecule has 7 rings (SSSR count). The Balaban J connectivity index is 0.902. The molecule has 12 heteroatoms. The molecule has 266 valence electrons. The summed E-state index contributed by atoms with van der Waals surface area (Å²) >= 11 is 7.92. The molecule has 52 heavy (non-hydrogen) atoms. The van der Waals surface area contributed by atoms with E-state index in [1.807, 2.05) is 55.5 Å². The fraction of sp³-hybridized carbons (Fsp3) is 0.300. The van der Waals surface area contributed by atoms with Crippen molar-refractivity contribution in [1.29, 1.82) is 0 Å². The van der Waals surface area contributed by atoms with E-state index in [9.17, 15) is 14.4 Å². The summed E-state index contributed by atoms with van der Waals surface area (Å²) in [7, 11) is 0. The lowest BCUT2D eigenvalue weighted by atomic mass is 9.99. The zero-order chi connectivity index (χ0) is 36.4. The number of amides is 3. The van der Waals surface area contributed by atoms with Crippen LogP contribution in [0.4, 0.5) is 0 Å². The lowest BCUT2D eigenvalue weighted by molar-refractivity contribution is -0.121. The van der Waals surface area contributed by atoms with E-state index in [2.05, 4.69) is 39.2 Å². The highest BCUT2D eigenvalue weighted by Crippen LogP contribution is 2.39. The van der Waals surface area contributed by atoms with Crippen molar-refractivity contribution in [2.45, 2.75) is 71.8 Å². The van der Waals surface area contributed by atoms with Crippen molar-refractivity contribution in [3.05, 3.63) is 122 Å². The van der Waals surface area contributed by atoms with E-state index < -0.39 is 11.9 Å². The van der Waals surface area contributed by atoms with Gasteiger partial charge < -0.3 is 10.1 Å². The lowest BCUT2D eigenvalue weighted by Gasteiger charge is -2.18. The first-order chi connectivity index (χ1) is 25.2. The molecule has 0 aliphatic carbocycles. The van der Waals surface area contributed by atoms with Gasteiger partial charge in [-0.05, 0) is 87.1 Å². The number of aliphatic imine (C=N–C) groups is 1. The SMILES string of the molecule is Cc1sc2c(c1C)C(c1ccc(Cl)cc1)=N[C@@H](CC(=O)NCCCCCCc1ccc(Oc3cccc4c3C(=O)NC(=O)C4)cc1)c1nnc(C)n1-2. The standard InChI is InChI=1S/C40H39ClN6O4S/c1-23-24(2)52-40-35(23)37(27-14-16-29(41)17-15-27)43-31(38-46-45-25(3)47(38)40)22-33(48)42-20-7-5-4-6-9-26-12-18-30(19-13-26)51-32-11-8-10-28-21-34(49)44-39(50)36(28)32/h8,10-19,31H,4-7,9,20-22H2,1-3H3,(H,42,48)(H,44,49,50)/t31-/m0/s1. The maximum Gasteiger partial charge on any atom is 0.261 e. The van der Waals surface area contributed by atoms with Gasteiger partial charge in [-0.15, -0.1) is 21.5 Å². The largest absolute Gasteiger partial charge is 0.457 e. The number of imide groups is 1. The van der Waals surface area contributed by atoms with Gasteiger partial charge in [-0.1, -0.05) is 60.8 Å². The Morgan fingerprint density at radius 2 is 1.73 bits per heavy atom. The zero-order valence-electron chi connectivity index (χ0n) is 29.3. The third-order valence-electron chi connectivity index (χ3n) is 9.54. The monoisotopic (exact) mass is 734 g/mol. The van der Waals surface area contributed by atoms with Gasteiger partial charge in [0, 0.05) is 27.6 Å². The maximum absolute atomic E-state index is 13.3. The molecule has 3 aromatic carbocycles. The van der Waals surface area contributed by atoms with Gasteiger partial charge in [0.15, 0.2) is 5.82 Å². The number of hydrogen-bond donors (Lipinski definition) is 2. The van der Waals surface area contributed by atoms with Crippen molar-refractivity contribution < 1.29 is 19.1 Å². The minimum Gasteiger partial charge on any atom is -0.457 e. The third-order valence-corrected chi connectivity index (χ3v) is 11.0. The maximum atomic E-state index is 13.3. The highest BCUT2D eigenvalue weighted by Gasteiger charge is 2.32. The van der Waals surface area contributed by atoms with Crippen LogP contribution in [-0.2, 0) is 22.4 Å². The zero-order valence-corrected chi connectivity index (χ0v) is 30.9. The number of unbranched alkanes of at least 4 members (excludes halogenated alkanes) is 3. The quantitative estimate of drug-likeness (QED) is 0.0999. The summed E-state index contributed by atoms with van der Waals surface area (Å²) in [6.45, 7) is 6.75. The second-order valence-electron chi connectivity index (χ2n) is 13.2. The summed E-state index contributed by atoms with van der Waals surface area (Å²) in [6.07, 6.45) is 5.20. The number of aryl methyl sites for hydroxylation is 3. The average Bonchev–Trinajstić information content (AvgIpc) is 3.60. The van der Waals surface area contributed by atoms with Crippen LogP contribution in [0.25, 0.3) is 5.00 Å². The number of carbonyl (C=O) groups excluding carboxylic acids is 3. The molecule has 0 bridgehead atoms. The van der Waals surface area contributed by atoms with E-state index in [1.165, 1.54) is 10.4 Å². The summed E-state index contributed by atoms with van der Waals surface area (Å²) in [5.74, 6) is 1.69. The van der Waals surface area contributed by atoms with Gasteiger partial charge >= 0.3 is 0 Å². The molecule has 10 nitrogen and oxygen atoms in total. The van der Waals surface area contributed by atoms with Crippen molar-refractivity contribution in [3.8, 4) is 16.5 Å². The van der Waals surface area contributed by atoms with Crippen LogP contribution in [0.3, 0.4) is 0 Å². The van der Waals surface area contributed by atoms with Crippen LogP contribution >= 0.6 is 22.9 Å². The van der Waals surface area contributed by atoms with Crippen LogP contribution in [-0.4, -0.2) is 44.7 Å². The van der Waals surface area contributed by atoms with Crippen LogP contribution in [0.5, 0.6) is 11.5 Å². The minimum absolute atomic E-state index is 0.0676. The molecule has 2 N–H and O–H groups in total. The Bertz CT molecular complexity index is 2190. The Morgan fingerprint density at radius 1 is 0.962 bits per heavy atom. The van der Waals surface area contributed by atoms with Crippen molar-refractivity contribution in [3.63, 3.8) is 0 Å². The van der Waals surface area contributed by atoms with Gasteiger partial charge in [0.2, 0.25) is 11.8 Å². The number of carbonyl (C=O) groups is 3. The minimum atomic E-state index is -0.494. The Morgan fingerprint density at radius 3 is 2.52 bits per heavy atom. The summed E-state index contributed by atoms with van der Waals surface area (Å²) < 4.78 is 8.08. The summed E-state index contributed by atoms with van der Waals surface area (Å²) in [4.78, 5) is 43.8. The lowest BCUT2D eigenvalue weighted by Crippen LogP contribution is -2.37. The van der Waals surface area contributed by atoms with Crippen molar-refractivity contribution in [2.75, 3.05) is 6.54 Å². The van der Waals surface area contributed by atoms with E-state index in [-0.39, 0.29) is 24.7 Å². The fourth-order valence-electron chi connectivity index (χ4n) is 6.74. The number of benzene rings is 3. The molecule has 2 aliphatic rings. The van der Waals surface area contributed by atoms with E-state index in [4.69, 9.17) is 21.3 Å². The fourth-order valence-corrected chi connectivity index (χ4v) is 8.08. The molecule has 0 unspecified atom stereocenters. The second-order valence-corrected chi connectivity index (χ2v) is 14.9. The smallest absolute Gasteiger partial charge is 0.261 e. The van der Waals surface area contributed by atoms with Gasteiger partial charge in [0.1, 0.15) is 28.4 Å².